The lowest BCUT2D eigenvalue weighted by Crippen LogP contribution is -2.01. The van der Waals surface area contributed by atoms with Gasteiger partial charge in [0.2, 0.25) is 0 Å². The smallest absolute Gasteiger partial charge is 0.160 e. The van der Waals surface area contributed by atoms with Gasteiger partial charge in [-0.1, -0.05) is 18.2 Å². The second-order valence-corrected chi connectivity index (χ2v) is 5.98. The first-order valence-electron chi connectivity index (χ1n) is 4.97. The van der Waals surface area contributed by atoms with Gasteiger partial charge >= 0.3 is 0 Å². The van der Waals surface area contributed by atoms with Gasteiger partial charge in [-0.25, -0.2) is 13.1 Å². The molecule has 0 saturated carbocycles. The molecule has 16 heavy (non-hydrogen) atoms. The van der Waals surface area contributed by atoms with E-state index in [-0.39, 0.29) is 11.5 Å². The van der Waals surface area contributed by atoms with Crippen molar-refractivity contribution in [2.45, 2.75) is 11.5 Å². The lowest BCUT2D eigenvalue weighted by Gasteiger charge is -2.00. The van der Waals surface area contributed by atoms with Crippen molar-refractivity contribution in [1.82, 2.24) is 9.78 Å². The third kappa shape index (κ3) is 1.53. The Morgan fingerprint density at radius 2 is 1.88 bits per heavy atom. The first kappa shape index (κ1) is 9.59. The van der Waals surface area contributed by atoms with Gasteiger partial charge in [-0.2, -0.15) is 5.10 Å². The van der Waals surface area contributed by atoms with E-state index in [0.29, 0.717) is 5.69 Å². The predicted molar refractivity (Wildman–Crippen MR) is 59.9 cm³/mol. The Morgan fingerprint density at radius 3 is 2.56 bits per heavy atom. The van der Waals surface area contributed by atoms with Gasteiger partial charge in [-0.15, -0.1) is 0 Å². The van der Waals surface area contributed by atoms with Crippen LogP contribution in [0.15, 0.2) is 36.5 Å². The van der Waals surface area contributed by atoms with Crippen LogP contribution in [0, 0.1) is 0 Å². The minimum atomic E-state index is -2.94. The average Bonchev–Trinajstić information content (AvgIpc) is 2.72. The SMILES string of the molecule is O=S1(=O)Cc2cn(-c3ccccc3)nc2C1. The second kappa shape index (κ2) is 3.18. The van der Waals surface area contributed by atoms with Crippen LogP contribution in [0.2, 0.25) is 0 Å². The molecule has 0 unspecified atom stereocenters. The van der Waals surface area contributed by atoms with Crippen LogP contribution in [0.1, 0.15) is 11.3 Å². The standard InChI is InChI=1S/C11H10N2O2S/c14-16(15)7-9-6-13(12-11(9)8-16)10-4-2-1-3-5-10/h1-6H,7-8H2. The number of hydrogen-bond acceptors (Lipinski definition) is 3. The number of fused-ring (bicyclic) bond motifs is 1. The van der Waals surface area contributed by atoms with Crippen LogP contribution in [0.5, 0.6) is 0 Å². The largest absolute Gasteiger partial charge is 0.240 e. The van der Waals surface area contributed by atoms with Gasteiger partial charge in [-0.3, -0.25) is 0 Å². The van der Waals surface area contributed by atoms with E-state index in [4.69, 9.17) is 0 Å². The monoisotopic (exact) mass is 234 g/mol. The molecule has 0 atom stereocenters. The van der Waals surface area contributed by atoms with Gasteiger partial charge in [0.05, 0.1) is 22.9 Å². The zero-order valence-electron chi connectivity index (χ0n) is 8.50. The van der Waals surface area contributed by atoms with Crippen molar-refractivity contribution in [2.24, 2.45) is 0 Å². The van der Waals surface area contributed by atoms with Crippen LogP contribution in [-0.2, 0) is 21.3 Å². The highest BCUT2D eigenvalue weighted by Crippen LogP contribution is 2.24. The molecule has 0 fully saturated rings. The van der Waals surface area contributed by atoms with Gasteiger partial charge in [-0.05, 0) is 12.1 Å². The fourth-order valence-corrected chi connectivity index (χ4v) is 3.37. The summed E-state index contributed by atoms with van der Waals surface area (Å²) in [4.78, 5) is 0. The van der Waals surface area contributed by atoms with E-state index in [1.54, 1.807) is 10.9 Å². The van der Waals surface area contributed by atoms with Crippen molar-refractivity contribution in [3.63, 3.8) is 0 Å². The first-order valence-corrected chi connectivity index (χ1v) is 6.79. The molecule has 0 N–H and O–H groups in total. The molecule has 2 heterocycles. The third-order valence-corrected chi connectivity index (χ3v) is 4.09. The lowest BCUT2D eigenvalue weighted by atomic mass is 10.3. The lowest BCUT2D eigenvalue weighted by molar-refractivity contribution is 0.597. The number of hydrogen-bond donors (Lipinski definition) is 0. The Kier molecular flexibility index (Phi) is 1.91. The van der Waals surface area contributed by atoms with Crippen molar-refractivity contribution in [1.29, 1.82) is 0 Å². The fraction of sp³-hybridized carbons (Fsp3) is 0.182. The molecule has 0 saturated heterocycles. The number of sulfone groups is 1. The average molecular weight is 234 g/mol. The van der Waals surface area contributed by atoms with Crippen LogP contribution in [0.4, 0.5) is 0 Å². The Balaban J connectivity index is 2.04. The molecule has 5 heteroatoms. The zero-order chi connectivity index (χ0) is 11.2. The summed E-state index contributed by atoms with van der Waals surface area (Å²) < 4.78 is 24.4. The molecule has 1 aromatic heterocycles. The first-order chi connectivity index (χ1) is 7.64. The summed E-state index contributed by atoms with van der Waals surface area (Å²) in [5.41, 5.74) is 2.46. The second-order valence-electron chi connectivity index (χ2n) is 3.91. The quantitative estimate of drug-likeness (QED) is 0.747. The Labute approximate surface area is 93.4 Å². The van der Waals surface area contributed by atoms with E-state index in [0.717, 1.165) is 11.3 Å². The van der Waals surface area contributed by atoms with Crippen LogP contribution < -0.4 is 0 Å². The molecule has 2 aromatic rings. The highest BCUT2D eigenvalue weighted by atomic mass is 32.2. The van der Waals surface area contributed by atoms with E-state index < -0.39 is 9.84 Å². The van der Waals surface area contributed by atoms with Crippen LogP contribution in [0.25, 0.3) is 5.69 Å². The Bertz CT molecular complexity index is 600. The fourth-order valence-electron chi connectivity index (χ4n) is 1.90. The normalized spacial score (nSPS) is 17.2. The van der Waals surface area contributed by atoms with E-state index in [9.17, 15) is 8.42 Å². The van der Waals surface area contributed by atoms with Gasteiger partial charge in [0.15, 0.2) is 9.84 Å². The van der Waals surface area contributed by atoms with E-state index in [1.807, 2.05) is 30.3 Å². The van der Waals surface area contributed by atoms with E-state index in [2.05, 4.69) is 5.10 Å². The summed E-state index contributed by atoms with van der Waals surface area (Å²) in [5, 5.41) is 4.29. The molecule has 1 aliphatic heterocycles. The minimum absolute atomic E-state index is 0.0716. The topological polar surface area (TPSA) is 52.0 Å². The molecule has 0 spiro atoms. The maximum atomic E-state index is 11.3. The van der Waals surface area contributed by atoms with Crippen LogP contribution in [-0.4, -0.2) is 18.2 Å². The van der Waals surface area contributed by atoms with E-state index >= 15 is 0 Å². The number of aromatic nitrogens is 2. The van der Waals surface area contributed by atoms with Crippen LogP contribution >= 0.6 is 0 Å². The molecule has 0 bridgehead atoms. The van der Waals surface area contributed by atoms with Crippen LogP contribution in [0.3, 0.4) is 0 Å². The molecule has 0 radical (unpaired) electrons. The molecule has 82 valence electrons. The zero-order valence-corrected chi connectivity index (χ0v) is 9.31. The highest BCUT2D eigenvalue weighted by Gasteiger charge is 2.27. The molecule has 0 aliphatic carbocycles. The molecular weight excluding hydrogens is 224 g/mol. The van der Waals surface area contributed by atoms with Gasteiger partial charge in [0, 0.05) is 11.8 Å². The molecule has 4 nitrogen and oxygen atoms in total. The van der Waals surface area contributed by atoms with Crippen molar-refractivity contribution in [3.8, 4) is 5.69 Å². The van der Waals surface area contributed by atoms with Gasteiger partial charge < -0.3 is 0 Å². The van der Waals surface area contributed by atoms with Gasteiger partial charge in [0.25, 0.3) is 0 Å². The predicted octanol–water partition coefficient (Wildman–Crippen LogP) is 1.30. The summed E-state index contributed by atoms with van der Waals surface area (Å²) in [6.07, 6.45) is 1.80. The minimum Gasteiger partial charge on any atom is -0.240 e. The Morgan fingerprint density at radius 1 is 1.12 bits per heavy atom. The molecule has 1 aliphatic rings. The number of rotatable bonds is 1. The molecule has 1 aromatic carbocycles. The third-order valence-electron chi connectivity index (χ3n) is 2.63. The van der Waals surface area contributed by atoms with Gasteiger partial charge in [0.1, 0.15) is 0 Å². The highest BCUT2D eigenvalue weighted by molar-refractivity contribution is 7.90. The Hall–Kier alpha value is -1.62. The molecule has 3 rings (SSSR count). The summed E-state index contributed by atoms with van der Waals surface area (Å²) in [6.45, 7) is 0. The number of nitrogens with zero attached hydrogens (tertiary/aromatic N) is 2. The maximum absolute atomic E-state index is 11.3. The van der Waals surface area contributed by atoms with Crippen molar-refractivity contribution >= 4 is 9.84 Å². The molecule has 0 amide bonds. The number of para-hydroxylation sites is 1. The van der Waals surface area contributed by atoms with Crippen molar-refractivity contribution in [2.75, 3.05) is 0 Å². The van der Waals surface area contributed by atoms with Crippen molar-refractivity contribution in [3.05, 3.63) is 47.8 Å². The summed E-state index contributed by atoms with van der Waals surface area (Å²) >= 11 is 0. The van der Waals surface area contributed by atoms with E-state index in [1.165, 1.54) is 0 Å². The summed E-state index contributed by atoms with van der Waals surface area (Å²) in [6, 6.07) is 9.68. The summed E-state index contributed by atoms with van der Waals surface area (Å²) in [7, 11) is -2.94. The number of benzene rings is 1. The van der Waals surface area contributed by atoms with Crippen molar-refractivity contribution < 1.29 is 8.42 Å². The maximum Gasteiger partial charge on any atom is 0.160 e. The molecular formula is C11H10N2O2S. The summed E-state index contributed by atoms with van der Waals surface area (Å²) in [5.74, 6) is 0.192.